The molecule has 0 fully saturated rings. The van der Waals surface area contributed by atoms with E-state index in [0.29, 0.717) is 0 Å². The SMILES string of the molecule is CC[CH]OC(CC)OC(CC)OC. The summed E-state index contributed by atoms with van der Waals surface area (Å²) in [5, 5.41) is 0. The van der Waals surface area contributed by atoms with Crippen molar-refractivity contribution in [1.82, 2.24) is 0 Å². The molecule has 0 aromatic carbocycles. The lowest BCUT2D eigenvalue weighted by Crippen LogP contribution is -2.24. The van der Waals surface area contributed by atoms with Gasteiger partial charge < -0.3 is 14.2 Å². The van der Waals surface area contributed by atoms with E-state index in [1.165, 1.54) is 0 Å². The van der Waals surface area contributed by atoms with Crippen molar-refractivity contribution in [3.05, 3.63) is 6.61 Å². The molecule has 2 atom stereocenters. The average Bonchev–Trinajstić information content (AvgIpc) is 2.19. The van der Waals surface area contributed by atoms with Gasteiger partial charge >= 0.3 is 0 Å². The van der Waals surface area contributed by atoms with E-state index in [-0.39, 0.29) is 12.6 Å². The Kier molecular flexibility index (Phi) is 8.40. The summed E-state index contributed by atoms with van der Waals surface area (Å²) in [5.74, 6) is 0. The van der Waals surface area contributed by atoms with Crippen LogP contribution in [-0.2, 0) is 14.2 Å². The maximum Gasteiger partial charge on any atom is 0.160 e. The number of hydrogen-bond donors (Lipinski definition) is 0. The van der Waals surface area contributed by atoms with E-state index in [2.05, 4.69) is 0 Å². The fourth-order valence-electron chi connectivity index (χ4n) is 0.916. The zero-order valence-corrected chi connectivity index (χ0v) is 9.08. The Balaban J connectivity index is 3.67. The highest BCUT2D eigenvalue weighted by atomic mass is 16.8. The second kappa shape index (κ2) is 8.48. The molecule has 0 saturated heterocycles. The molecule has 0 rings (SSSR count). The molecule has 3 heteroatoms. The van der Waals surface area contributed by atoms with Gasteiger partial charge in [0, 0.05) is 7.11 Å². The third-order valence-electron chi connectivity index (χ3n) is 1.65. The Morgan fingerprint density at radius 3 is 2.08 bits per heavy atom. The highest BCUT2D eigenvalue weighted by Gasteiger charge is 2.12. The van der Waals surface area contributed by atoms with E-state index in [0.717, 1.165) is 19.3 Å². The van der Waals surface area contributed by atoms with E-state index < -0.39 is 0 Å². The summed E-state index contributed by atoms with van der Waals surface area (Å²) < 4.78 is 16.0. The fourth-order valence-corrected chi connectivity index (χ4v) is 0.916. The summed E-state index contributed by atoms with van der Waals surface area (Å²) in [6.07, 6.45) is 2.22. The van der Waals surface area contributed by atoms with Gasteiger partial charge in [-0.2, -0.15) is 0 Å². The number of methoxy groups -OCH3 is 1. The molecule has 0 amide bonds. The maximum absolute atomic E-state index is 5.52. The van der Waals surface area contributed by atoms with Crippen molar-refractivity contribution in [3.8, 4) is 0 Å². The summed E-state index contributed by atoms with van der Waals surface area (Å²) >= 11 is 0. The molecule has 3 nitrogen and oxygen atoms in total. The highest BCUT2D eigenvalue weighted by molar-refractivity contribution is 4.50. The molecule has 0 aromatic heterocycles. The van der Waals surface area contributed by atoms with E-state index in [9.17, 15) is 0 Å². The topological polar surface area (TPSA) is 27.7 Å². The van der Waals surface area contributed by atoms with Crippen molar-refractivity contribution in [2.45, 2.75) is 52.6 Å². The Hall–Kier alpha value is -0.120. The molecule has 2 unspecified atom stereocenters. The van der Waals surface area contributed by atoms with Crippen molar-refractivity contribution in [3.63, 3.8) is 0 Å². The largest absolute Gasteiger partial charge is 0.356 e. The van der Waals surface area contributed by atoms with Crippen LogP contribution in [-0.4, -0.2) is 19.7 Å². The smallest absolute Gasteiger partial charge is 0.160 e. The lowest BCUT2D eigenvalue weighted by molar-refractivity contribution is -0.229. The average molecular weight is 189 g/mol. The van der Waals surface area contributed by atoms with Gasteiger partial charge in [-0.25, -0.2) is 0 Å². The van der Waals surface area contributed by atoms with E-state index in [1.807, 2.05) is 20.8 Å². The van der Waals surface area contributed by atoms with Gasteiger partial charge in [-0.05, 0) is 19.3 Å². The molecule has 0 aromatic rings. The van der Waals surface area contributed by atoms with E-state index >= 15 is 0 Å². The number of rotatable bonds is 8. The van der Waals surface area contributed by atoms with E-state index in [4.69, 9.17) is 14.2 Å². The standard InChI is InChI=1S/C10H21O3/c1-5-8-12-10(7-3)13-9(6-2)11-4/h8-10H,5-7H2,1-4H3. The molecule has 0 heterocycles. The predicted molar refractivity (Wildman–Crippen MR) is 51.9 cm³/mol. The quantitative estimate of drug-likeness (QED) is 0.549. The maximum atomic E-state index is 5.52. The Labute approximate surface area is 81.4 Å². The second-order valence-electron chi connectivity index (χ2n) is 2.76. The molecule has 0 aliphatic rings. The van der Waals surface area contributed by atoms with Crippen LogP contribution >= 0.6 is 0 Å². The molecule has 0 saturated carbocycles. The summed E-state index contributed by atoms with van der Waals surface area (Å²) in [4.78, 5) is 0. The van der Waals surface area contributed by atoms with Crippen LogP contribution in [0.5, 0.6) is 0 Å². The summed E-state index contributed by atoms with van der Waals surface area (Å²) in [5.41, 5.74) is 0. The van der Waals surface area contributed by atoms with Gasteiger partial charge in [0.1, 0.15) is 0 Å². The molecule has 1 radical (unpaired) electrons. The number of hydrogen-bond acceptors (Lipinski definition) is 3. The van der Waals surface area contributed by atoms with Gasteiger partial charge in [-0.3, -0.25) is 0 Å². The van der Waals surface area contributed by atoms with Crippen LogP contribution in [0.3, 0.4) is 0 Å². The van der Waals surface area contributed by atoms with Gasteiger partial charge in [-0.15, -0.1) is 0 Å². The molecular weight excluding hydrogens is 168 g/mol. The van der Waals surface area contributed by atoms with Gasteiger partial charge in [0.2, 0.25) is 0 Å². The lowest BCUT2D eigenvalue weighted by Gasteiger charge is -2.21. The Bertz CT molecular complexity index is 102. The van der Waals surface area contributed by atoms with Crippen molar-refractivity contribution < 1.29 is 14.2 Å². The van der Waals surface area contributed by atoms with Gasteiger partial charge in [-0.1, -0.05) is 20.8 Å². The molecule has 79 valence electrons. The zero-order valence-electron chi connectivity index (χ0n) is 9.08. The van der Waals surface area contributed by atoms with Crippen LogP contribution in [0.2, 0.25) is 0 Å². The summed E-state index contributed by atoms with van der Waals surface area (Å²) in [6.45, 7) is 7.83. The van der Waals surface area contributed by atoms with Crippen molar-refractivity contribution >= 4 is 0 Å². The van der Waals surface area contributed by atoms with Gasteiger partial charge in [0.15, 0.2) is 12.6 Å². The Morgan fingerprint density at radius 2 is 1.69 bits per heavy atom. The van der Waals surface area contributed by atoms with Crippen LogP contribution in [0.4, 0.5) is 0 Å². The number of ether oxygens (including phenoxy) is 3. The normalized spacial score (nSPS) is 15.7. The minimum absolute atomic E-state index is 0.157. The van der Waals surface area contributed by atoms with Crippen LogP contribution in [0.1, 0.15) is 40.0 Å². The van der Waals surface area contributed by atoms with Gasteiger partial charge in [0.25, 0.3) is 0 Å². The van der Waals surface area contributed by atoms with Gasteiger partial charge in [0.05, 0.1) is 6.61 Å². The molecule has 0 bridgehead atoms. The molecule has 0 spiro atoms. The van der Waals surface area contributed by atoms with Crippen molar-refractivity contribution in [2.75, 3.05) is 7.11 Å². The first-order valence-corrected chi connectivity index (χ1v) is 4.93. The minimum Gasteiger partial charge on any atom is -0.356 e. The molecular formula is C10H21O3. The summed E-state index contributed by atoms with van der Waals surface area (Å²) in [7, 11) is 1.64. The third kappa shape index (κ3) is 6.02. The van der Waals surface area contributed by atoms with Crippen molar-refractivity contribution in [2.24, 2.45) is 0 Å². The molecule has 0 aliphatic carbocycles. The van der Waals surface area contributed by atoms with Crippen LogP contribution < -0.4 is 0 Å². The Morgan fingerprint density at radius 1 is 1.08 bits per heavy atom. The zero-order chi connectivity index (χ0) is 10.1. The van der Waals surface area contributed by atoms with Crippen LogP contribution in [0.15, 0.2) is 0 Å². The highest BCUT2D eigenvalue weighted by Crippen LogP contribution is 2.09. The predicted octanol–water partition coefficient (Wildman–Crippen LogP) is 2.71. The fraction of sp³-hybridized carbons (Fsp3) is 0.900. The van der Waals surface area contributed by atoms with Crippen LogP contribution in [0.25, 0.3) is 0 Å². The first-order chi connectivity index (χ1) is 6.28. The van der Waals surface area contributed by atoms with E-state index in [1.54, 1.807) is 13.7 Å². The second-order valence-corrected chi connectivity index (χ2v) is 2.76. The molecule has 0 aliphatic heterocycles. The summed E-state index contributed by atoms with van der Waals surface area (Å²) in [6, 6.07) is 0. The molecule has 0 N–H and O–H groups in total. The first kappa shape index (κ1) is 12.9. The van der Waals surface area contributed by atoms with Crippen LogP contribution in [0, 0.1) is 6.61 Å². The first-order valence-electron chi connectivity index (χ1n) is 4.93. The third-order valence-corrected chi connectivity index (χ3v) is 1.65. The van der Waals surface area contributed by atoms with Crippen molar-refractivity contribution in [1.29, 1.82) is 0 Å². The minimum atomic E-state index is -0.176. The monoisotopic (exact) mass is 189 g/mol. The lowest BCUT2D eigenvalue weighted by atomic mass is 10.4. The molecule has 13 heavy (non-hydrogen) atoms.